The summed E-state index contributed by atoms with van der Waals surface area (Å²) in [6.07, 6.45) is -0.177. The number of hydrogen-bond donors (Lipinski definition) is 3. The smallest absolute Gasteiger partial charge is 0.319 e. The molecule has 2 aromatic rings. The minimum Gasteiger partial charge on any atom is -0.390 e. The molecule has 1 aliphatic carbocycles. The molecule has 0 saturated carbocycles. The minimum atomic E-state index is -0.674. The number of carbonyl (C=O) groups is 1. The lowest BCUT2D eigenvalue weighted by Crippen LogP contribution is -2.36. The second kappa shape index (κ2) is 6.29. The lowest BCUT2D eigenvalue weighted by Gasteiger charge is -2.18. The summed E-state index contributed by atoms with van der Waals surface area (Å²) in [6.45, 7) is 1.61. The van der Waals surface area contributed by atoms with E-state index in [0.29, 0.717) is 17.7 Å². The fourth-order valence-electron chi connectivity index (χ4n) is 2.99. The van der Waals surface area contributed by atoms with E-state index in [1.54, 1.807) is 6.92 Å². The van der Waals surface area contributed by atoms with Gasteiger partial charge in [-0.15, -0.1) is 0 Å². The van der Waals surface area contributed by atoms with Gasteiger partial charge >= 0.3 is 6.03 Å². The number of fused-ring (bicyclic) bond motifs is 1. The van der Waals surface area contributed by atoms with Crippen LogP contribution in [0, 0.1) is 17.0 Å². The van der Waals surface area contributed by atoms with E-state index in [0.717, 1.165) is 11.1 Å². The number of aliphatic hydroxyl groups is 1. The highest BCUT2D eigenvalue weighted by Crippen LogP contribution is 2.31. The molecule has 0 heterocycles. The lowest BCUT2D eigenvalue weighted by atomic mass is 10.1. The molecule has 0 aliphatic heterocycles. The van der Waals surface area contributed by atoms with Gasteiger partial charge in [0, 0.05) is 23.7 Å². The standard InChI is InChI=1S/C17H17N3O4/c1-10-8-12(6-7-14(10)20(23)24)18-17(22)19-16-13-5-3-2-4-11(13)9-15(16)21/h2-8,15-16,21H,9H2,1H3,(H2,18,19,22)/t15-,16+/m0/s1. The first-order valence-electron chi connectivity index (χ1n) is 7.54. The Bertz CT molecular complexity index is 806. The van der Waals surface area contributed by atoms with E-state index in [-0.39, 0.29) is 5.69 Å². The molecule has 0 radical (unpaired) electrons. The molecule has 0 aromatic heterocycles. The van der Waals surface area contributed by atoms with Crippen molar-refractivity contribution >= 4 is 17.4 Å². The van der Waals surface area contributed by atoms with Gasteiger partial charge in [-0.25, -0.2) is 4.79 Å². The summed E-state index contributed by atoms with van der Waals surface area (Å²) in [5.74, 6) is 0. The van der Waals surface area contributed by atoms with Crippen molar-refractivity contribution in [1.82, 2.24) is 5.32 Å². The van der Waals surface area contributed by atoms with E-state index >= 15 is 0 Å². The Balaban J connectivity index is 1.70. The first kappa shape index (κ1) is 15.9. The van der Waals surface area contributed by atoms with Crippen LogP contribution in [0.4, 0.5) is 16.2 Å². The van der Waals surface area contributed by atoms with Crippen LogP contribution in [0.5, 0.6) is 0 Å². The maximum Gasteiger partial charge on any atom is 0.319 e. The maximum atomic E-state index is 12.2. The number of nitro benzene ring substituents is 1. The Morgan fingerprint density at radius 1 is 1.29 bits per heavy atom. The summed E-state index contributed by atoms with van der Waals surface area (Å²) in [4.78, 5) is 22.5. The molecular weight excluding hydrogens is 310 g/mol. The number of urea groups is 1. The third-order valence-corrected chi connectivity index (χ3v) is 4.14. The van der Waals surface area contributed by atoms with E-state index in [1.165, 1.54) is 18.2 Å². The molecule has 0 spiro atoms. The van der Waals surface area contributed by atoms with Crippen LogP contribution in [0.2, 0.25) is 0 Å². The zero-order chi connectivity index (χ0) is 17.3. The average molecular weight is 327 g/mol. The van der Waals surface area contributed by atoms with Crippen LogP contribution in [0.25, 0.3) is 0 Å². The van der Waals surface area contributed by atoms with Crippen LogP contribution in [-0.4, -0.2) is 22.2 Å². The van der Waals surface area contributed by atoms with Crippen molar-refractivity contribution in [3.63, 3.8) is 0 Å². The van der Waals surface area contributed by atoms with E-state index in [4.69, 9.17) is 0 Å². The third kappa shape index (κ3) is 3.07. The zero-order valence-corrected chi connectivity index (χ0v) is 13.0. The number of rotatable bonds is 3. The second-order valence-electron chi connectivity index (χ2n) is 5.80. The molecule has 3 rings (SSSR count). The van der Waals surface area contributed by atoms with E-state index in [9.17, 15) is 20.0 Å². The molecule has 2 amide bonds. The number of carbonyl (C=O) groups excluding carboxylic acids is 1. The van der Waals surface area contributed by atoms with Gasteiger partial charge in [0.05, 0.1) is 17.1 Å². The van der Waals surface area contributed by atoms with Crippen molar-refractivity contribution in [2.24, 2.45) is 0 Å². The highest BCUT2D eigenvalue weighted by Gasteiger charge is 2.31. The average Bonchev–Trinajstić information content (AvgIpc) is 2.83. The van der Waals surface area contributed by atoms with Gasteiger partial charge in [0.2, 0.25) is 0 Å². The van der Waals surface area contributed by atoms with E-state index in [2.05, 4.69) is 10.6 Å². The molecule has 124 valence electrons. The number of nitrogens with one attached hydrogen (secondary N) is 2. The number of anilines is 1. The summed E-state index contributed by atoms with van der Waals surface area (Å²) in [7, 11) is 0. The second-order valence-corrected chi connectivity index (χ2v) is 5.80. The maximum absolute atomic E-state index is 12.2. The zero-order valence-electron chi connectivity index (χ0n) is 13.0. The van der Waals surface area contributed by atoms with Crippen molar-refractivity contribution in [1.29, 1.82) is 0 Å². The Morgan fingerprint density at radius 3 is 2.75 bits per heavy atom. The van der Waals surface area contributed by atoms with Crippen LogP contribution >= 0.6 is 0 Å². The van der Waals surface area contributed by atoms with Gasteiger partial charge in [-0.05, 0) is 30.2 Å². The highest BCUT2D eigenvalue weighted by atomic mass is 16.6. The number of aryl methyl sites for hydroxylation is 1. The predicted molar refractivity (Wildman–Crippen MR) is 88.9 cm³/mol. The fourth-order valence-corrected chi connectivity index (χ4v) is 2.99. The van der Waals surface area contributed by atoms with Crippen molar-refractivity contribution in [3.05, 3.63) is 69.3 Å². The first-order chi connectivity index (χ1) is 11.5. The molecule has 1 aliphatic rings. The Labute approximate surface area is 138 Å². The topological polar surface area (TPSA) is 104 Å². The number of nitro groups is 1. The molecule has 24 heavy (non-hydrogen) atoms. The number of nitrogens with zero attached hydrogens (tertiary/aromatic N) is 1. The molecule has 7 nitrogen and oxygen atoms in total. The van der Waals surface area contributed by atoms with Gasteiger partial charge < -0.3 is 15.7 Å². The number of hydrogen-bond acceptors (Lipinski definition) is 4. The molecule has 2 aromatic carbocycles. The molecule has 3 N–H and O–H groups in total. The van der Waals surface area contributed by atoms with Crippen molar-refractivity contribution < 1.29 is 14.8 Å². The number of amides is 2. The van der Waals surface area contributed by atoms with Gasteiger partial charge in [-0.3, -0.25) is 10.1 Å². The van der Waals surface area contributed by atoms with Gasteiger partial charge in [0.15, 0.2) is 0 Å². The highest BCUT2D eigenvalue weighted by molar-refractivity contribution is 5.90. The van der Waals surface area contributed by atoms with Gasteiger partial charge in [0.25, 0.3) is 5.69 Å². The van der Waals surface area contributed by atoms with E-state index in [1.807, 2.05) is 24.3 Å². The summed E-state index contributed by atoms with van der Waals surface area (Å²) in [5.41, 5.74) is 2.84. The molecule has 0 fully saturated rings. The molecule has 0 saturated heterocycles. The first-order valence-corrected chi connectivity index (χ1v) is 7.54. The van der Waals surface area contributed by atoms with Crippen LogP contribution in [0.15, 0.2) is 42.5 Å². The van der Waals surface area contributed by atoms with Crippen LogP contribution in [-0.2, 0) is 6.42 Å². The third-order valence-electron chi connectivity index (χ3n) is 4.14. The predicted octanol–water partition coefficient (Wildman–Crippen LogP) is 2.68. The summed E-state index contributed by atoms with van der Waals surface area (Å²) >= 11 is 0. The molecule has 2 atom stereocenters. The van der Waals surface area contributed by atoms with Gasteiger partial charge in [-0.2, -0.15) is 0 Å². The number of aliphatic hydroxyl groups excluding tert-OH is 1. The monoisotopic (exact) mass is 327 g/mol. The van der Waals surface area contributed by atoms with Crippen molar-refractivity contribution in [2.75, 3.05) is 5.32 Å². The molecule has 7 heteroatoms. The Kier molecular flexibility index (Phi) is 4.18. The Morgan fingerprint density at radius 2 is 2.04 bits per heavy atom. The van der Waals surface area contributed by atoms with Gasteiger partial charge in [0.1, 0.15) is 0 Å². The summed E-state index contributed by atoms with van der Waals surface area (Å²) in [5, 5.41) is 26.4. The van der Waals surface area contributed by atoms with Gasteiger partial charge in [-0.1, -0.05) is 24.3 Å². The molecular formula is C17H17N3O4. The normalized spacial score (nSPS) is 18.8. The van der Waals surface area contributed by atoms with Crippen LogP contribution in [0.3, 0.4) is 0 Å². The Hall–Kier alpha value is -2.93. The SMILES string of the molecule is Cc1cc(NC(=O)N[C@@H]2c3ccccc3C[C@@H]2O)ccc1[N+](=O)[O-]. The lowest BCUT2D eigenvalue weighted by molar-refractivity contribution is -0.385. The summed E-state index contributed by atoms with van der Waals surface area (Å²) in [6, 6.07) is 11.0. The fraction of sp³-hybridized carbons (Fsp3) is 0.235. The van der Waals surface area contributed by atoms with Crippen molar-refractivity contribution in [3.8, 4) is 0 Å². The molecule has 0 unspecified atom stereocenters. The van der Waals surface area contributed by atoms with E-state index < -0.39 is 23.1 Å². The summed E-state index contributed by atoms with van der Waals surface area (Å²) < 4.78 is 0. The minimum absolute atomic E-state index is 0.00102. The molecule has 0 bridgehead atoms. The van der Waals surface area contributed by atoms with Crippen LogP contribution < -0.4 is 10.6 Å². The van der Waals surface area contributed by atoms with Crippen molar-refractivity contribution in [2.45, 2.75) is 25.5 Å². The largest absolute Gasteiger partial charge is 0.390 e. The van der Waals surface area contributed by atoms with Crippen LogP contribution in [0.1, 0.15) is 22.7 Å². The number of benzene rings is 2. The quantitative estimate of drug-likeness (QED) is 0.595.